The number of rotatable bonds is 4. The van der Waals surface area contributed by atoms with E-state index < -0.39 is 11.2 Å². The second-order valence-electron chi connectivity index (χ2n) is 5.41. The molecule has 1 atom stereocenters. The maximum atomic E-state index is 10.1. The highest BCUT2D eigenvalue weighted by molar-refractivity contribution is 5.19. The van der Waals surface area contributed by atoms with Crippen LogP contribution in [0.25, 0.3) is 0 Å². The number of hydrogen-bond acceptors (Lipinski definition) is 3. The Balaban J connectivity index is 2.60. The molecular formula is C15H26O3. The molecule has 1 heterocycles. The highest BCUT2D eigenvalue weighted by Crippen LogP contribution is 2.21. The molecule has 1 saturated heterocycles. The Hall–Kier alpha value is -0.560. The molecule has 1 aliphatic heterocycles. The second-order valence-corrected chi connectivity index (χ2v) is 5.41. The summed E-state index contributed by atoms with van der Waals surface area (Å²) in [6.07, 6.45) is 4.29. The van der Waals surface area contributed by atoms with Gasteiger partial charge in [0.2, 0.25) is 0 Å². The van der Waals surface area contributed by atoms with Crippen LogP contribution in [0.15, 0.2) is 0 Å². The summed E-state index contributed by atoms with van der Waals surface area (Å²) in [7, 11) is 0. The van der Waals surface area contributed by atoms with E-state index in [1.165, 1.54) is 0 Å². The zero-order valence-electron chi connectivity index (χ0n) is 12.1. The first-order valence-corrected chi connectivity index (χ1v) is 6.97. The van der Waals surface area contributed by atoms with Crippen LogP contribution < -0.4 is 0 Å². The maximum Gasteiger partial charge on any atom is 0.159 e. The molecular weight excluding hydrogens is 228 g/mol. The summed E-state index contributed by atoms with van der Waals surface area (Å²) in [5.74, 6) is 6.00. The Kier molecular flexibility index (Phi) is 5.65. The van der Waals surface area contributed by atoms with Gasteiger partial charge in [-0.15, -0.1) is 0 Å². The van der Waals surface area contributed by atoms with Crippen molar-refractivity contribution in [2.24, 2.45) is 0 Å². The summed E-state index contributed by atoms with van der Waals surface area (Å²) < 4.78 is 11.4. The lowest BCUT2D eigenvalue weighted by molar-refractivity contribution is -0.199. The summed E-state index contributed by atoms with van der Waals surface area (Å²) in [6, 6.07) is 0. The van der Waals surface area contributed by atoms with E-state index in [9.17, 15) is 5.11 Å². The molecule has 0 saturated carbocycles. The fourth-order valence-electron chi connectivity index (χ4n) is 1.86. The molecule has 1 unspecified atom stereocenters. The lowest BCUT2D eigenvalue weighted by Gasteiger charge is -2.29. The lowest BCUT2D eigenvalue weighted by atomic mass is 9.97. The molecule has 18 heavy (non-hydrogen) atoms. The molecule has 0 aliphatic carbocycles. The number of hydrogen-bond donors (Lipinski definition) is 1. The van der Waals surface area contributed by atoms with Gasteiger partial charge < -0.3 is 14.6 Å². The van der Waals surface area contributed by atoms with Crippen LogP contribution in [0.2, 0.25) is 0 Å². The van der Waals surface area contributed by atoms with Gasteiger partial charge in [0.1, 0.15) is 11.2 Å². The Labute approximate surface area is 111 Å². The van der Waals surface area contributed by atoms with Crippen molar-refractivity contribution in [2.45, 2.75) is 77.3 Å². The van der Waals surface area contributed by atoms with E-state index in [1.807, 2.05) is 27.7 Å². The Bertz CT molecular complexity index is 301. The van der Waals surface area contributed by atoms with Crippen LogP contribution in [0.5, 0.6) is 0 Å². The highest BCUT2D eigenvalue weighted by atomic mass is 16.7. The monoisotopic (exact) mass is 254 g/mol. The van der Waals surface area contributed by atoms with Crippen molar-refractivity contribution < 1.29 is 14.6 Å². The summed E-state index contributed by atoms with van der Waals surface area (Å²) in [5, 5.41) is 10.1. The van der Waals surface area contributed by atoms with Gasteiger partial charge in [-0.2, -0.15) is 0 Å². The van der Waals surface area contributed by atoms with Gasteiger partial charge in [0.05, 0.1) is 0 Å². The van der Waals surface area contributed by atoms with Crippen LogP contribution in [-0.4, -0.2) is 29.2 Å². The topological polar surface area (TPSA) is 38.7 Å². The molecule has 1 aliphatic rings. The lowest BCUT2D eigenvalue weighted by Crippen LogP contribution is -2.34. The average molecular weight is 254 g/mol. The third-order valence-electron chi connectivity index (χ3n) is 3.33. The van der Waals surface area contributed by atoms with Gasteiger partial charge >= 0.3 is 0 Å². The van der Waals surface area contributed by atoms with Crippen molar-refractivity contribution in [3.8, 4) is 11.8 Å². The van der Waals surface area contributed by atoms with Crippen molar-refractivity contribution in [3.63, 3.8) is 0 Å². The molecule has 0 aromatic rings. The van der Waals surface area contributed by atoms with Crippen LogP contribution in [0, 0.1) is 11.8 Å². The van der Waals surface area contributed by atoms with Crippen LogP contribution in [0.3, 0.4) is 0 Å². The van der Waals surface area contributed by atoms with Crippen molar-refractivity contribution >= 4 is 0 Å². The molecule has 0 spiro atoms. The van der Waals surface area contributed by atoms with Crippen LogP contribution in [-0.2, 0) is 9.47 Å². The average Bonchev–Trinajstić information content (AvgIpc) is 2.37. The molecule has 1 fully saturated rings. The largest absolute Gasteiger partial charge is 0.378 e. The van der Waals surface area contributed by atoms with Gasteiger partial charge in [0.25, 0.3) is 0 Å². The van der Waals surface area contributed by atoms with Crippen LogP contribution >= 0.6 is 0 Å². The quantitative estimate of drug-likeness (QED) is 0.784. The standard InChI is InChI=1S/C15H26O3/c1-5-15(16,6-2)11-10-14(3,4)18-13-9-7-8-12-17-13/h13,16H,5-9,12H2,1-4H3. The third-order valence-corrected chi connectivity index (χ3v) is 3.33. The summed E-state index contributed by atoms with van der Waals surface area (Å²) in [6.45, 7) is 8.49. The predicted octanol–water partition coefficient (Wildman–Crippen LogP) is 2.86. The second kappa shape index (κ2) is 6.56. The van der Waals surface area contributed by atoms with Crippen molar-refractivity contribution in [2.75, 3.05) is 6.61 Å². The molecule has 1 rings (SSSR count). The Morgan fingerprint density at radius 1 is 1.22 bits per heavy atom. The minimum atomic E-state index is -0.895. The predicted molar refractivity (Wildman–Crippen MR) is 72.1 cm³/mol. The van der Waals surface area contributed by atoms with E-state index in [4.69, 9.17) is 9.47 Å². The van der Waals surface area contributed by atoms with Gasteiger partial charge in [-0.25, -0.2) is 0 Å². The minimum absolute atomic E-state index is 0.153. The van der Waals surface area contributed by atoms with Gasteiger partial charge in [0, 0.05) is 6.61 Å². The Morgan fingerprint density at radius 3 is 2.39 bits per heavy atom. The molecule has 104 valence electrons. The van der Waals surface area contributed by atoms with Gasteiger partial charge in [-0.1, -0.05) is 25.7 Å². The third kappa shape index (κ3) is 4.97. The minimum Gasteiger partial charge on any atom is -0.378 e. The summed E-state index contributed by atoms with van der Waals surface area (Å²) in [4.78, 5) is 0. The first-order valence-electron chi connectivity index (χ1n) is 6.97. The highest BCUT2D eigenvalue weighted by Gasteiger charge is 2.25. The first kappa shape index (κ1) is 15.5. The van der Waals surface area contributed by atoms with E-state index >= 15 is 0 Å². The zero-order valence-corrected chi connectivity index (χ0v) is 12.1. The number of aliphatic hydroxyl groups is 1. The molecule has 0 amide bonds. The SMILES string of the molecule is CCC(O)(C#CC(C)(C)OC1CCCCO1)CC. The first-order chi connectivity index (χ1) is 8.41. The zero-order chi connectivity index (χ0) is 13.6. The fourth-order valence-corrected chi connectivity index (χ4v) is 1.86. The van der Waals surface area contributed by atoms with Gasteiger partial charge in [-0.05, 0) is 46.0 Å². The molecule has 0 aromatic carbocycles. The van der Waals surface area contributed by atoms with Crippen molar-refractivity contribution in [1.82, 2.24) is 0 Å². The summed E-state index contributed by atoms with van der Waals surface area (Å²) >= 11 is 0. The number of ether oxygens (including phenoxy) is 2. The van der Waals surface area contributed by atoms with E-state index in [0.717, 1.165) is 25.9 Å². The molecule has 3 heteroatoms. The fraction of sp³-hybridized carbons (Fsp3) is 0.867. The summed E-state index contributed by atoms with van der Waals surface area (Å²) in [5.41, 5.74) is -1.48. The van der Waals surface area contributed by atoms with E-state index in [2.05, 4.69) is 11.8 Å². The Morgan fingerprint density at radius 2 is 1.89 bits per heavy atom. The van der Waals surface area contributed by atoms with Crippen molar-refractivity contribution in [1.29, 1.82) is 0 Å². The molecule has 0 aromatic heterocycles. The van der Waals surface area contributed by atoms with Gasteiger partial charge in [-0.3, -0.25) is 0 Å². The maximum absolute atomic E-state index is 10.1. The smallest absolute Gasteiger partial charge is 0.159 e. The molecule has 0 bridgehead atoms. The molecule has 1 N–H and O–H groups in total. The molecule has 3 nitrogen and oxygen atoms in total. The van der Waals surface area contributed by atoms with Crippen LogP contribution in [0.1, 0.15) is 59.8 Å². The van der Waals surface area contributed by atoms with E-state index in [1.54, 1.807) is 0 Å². The molecule has 0 radical (unpaired) electrons. The van der Waals surface area contributed by atoms with Crippen molar-refractivity contribution in [3.05, 3.63) is 0 Å². The van der Waals surface area contributed by atoms with E-state index in [0.29, 0.717) is 12.8 Å². The van der Waals surface area contributed by atoms with E-state index in [-0.39, 0.29) is 6.29 Å². The normalized spacial score (nSPS) is 21.3. The van der Waals surface area contributed by atoms with Crippen LogP contribution in [0.4, 0.5) is 0 Å². The van der Waals surface area contributed by atoms with Gasteiger partial charge in [0.15, 0.2) is 6.29 Å².